The van der Waals surface area contributed by atoms with E-state index in [0.717, 1.165) is 0 Å². The minimum absolute atomic E-state index is 0.114. The highest BCUT2D eigenvalue weighted by Gasteiger charge is 2.34. The fraction of sp³-hybridized carbons (Fsp3) is 0.889. The van der Waals surface area contributed by atoms with Gasteiger partial charge in [-0.2, -0.15) is 0 Å². The molecule has 4 N–H and O–H groups in total. The molecule has 0 aromatic heterocycles. The molecule has 1 atom stereocenters. The Hall–Kier alpha value is -0.690. The van der Waals surface area contributed by atoms with E-state index in [4.69, 9.17) is 10.2 Å². The largest absolute Gasteiger partial charge is 0.467 e. The van der Waals surface area contributed by atoms with Crippen molar-refractivity contribution in [3.8, 4) is 0 Å². The Morgan fingerprint density at radius 3 is 2.13 bits per heavy atom. The van der Waals surface area contributed by atoms with Crippen molar-refractivity contribution in [3.63, 3.8) is 0 Å². The third-order valence-electron chi connectivity index (χ3n) is 2.18. The van der Waals surface area contributed by atoms with Crippen molar-refractivity contribution in [2.45, 2.75) is 25.0 Å². The first kappa shape index (κ1) is 14.3. The highest BCUT2D eigenvalue weighted by molar-refractivity contribution is 5.78. The normalized spacial score (nSPS) is 15.9. The predicted octanol–water partition coefficient (Wildman–Crippen LogP) is -1.76. The Morgan fingerprint density at radius 1 is 1.33 bits per heavy atom. The highest BCUT2D eigenvalue weighted by Crippen LogP contribution is 2.08. The van der Waals surface area contributed by atoms with E-state index in [1.165, 1.54) is 14.0 Å². The lowest BCUT2D eigenvalue weighted by Gasteiger charge is -2.30. The topological polar surface area (TPSA) is 99.0 Å². The number of nitrogens with one attached hydrogen (secondary N) is 1. The molecule has 0 saturated carbocycles. The summed E-state index contributed by atoms with van der Waals surface area (Å²) in [5.41, 5.74) is -2.61. The van der Waals surface area contributed by atoms with Crippen LogP contribution in [0.25, 0.3) is 0 Å². The third kappa shape index (κ3) is 4.13. The first-order valence-corrected chi connectivity index (χ1v) is 4.59. The zero-order valence-corrected chi connectivity index (χ0v) is 9.28. The number of hydrogen-bond donors (Lipinski definition) is 4. The number of carbonyl (C=O) groups is 1. The Kier molecular flexibility index (Phi) is 5.16. The van der Waals surface area contributed by atoms with Crippen LogP contribution in [0.4, 0.5) is 0 Å². The molecule has 15 heavy (non-hydrogen) atoms. The lowest BCUT2D eigenvalue weighted by molar-refractivity contribution is -0.160. The molecule has 0 aliphatic rings. The smallest absolute Gasteiger partial charge is 0.338 e. The second kappa shape index (κ2) is 5.41. The van der Waals surface area contributed by atoms with Crippen LogP contribution in [0.1, 0.15) is 13.8 Å². The zero-order chi connectivity index (χ0) is 12.1. The van der Waals surface area contributed by atoms with Crippen molar-refractivity contribution < 1.29 is 24.9 Å². The van der Waals surface area contributed by atoms with E-state index >= 15 is 0 Å². The number of β-amino-alcohol motifs (C(OH)–C–C–N with tert-alkyl or cyclic N) is 1. The molecule has 0 amide bonds. The SMILES string of the molecule is COC(=O)C(C)(O)CNC(C)(CO)CO. The molecule has 6 nitrogen and oxygen atoms in total. The van der Waals surface area contributed by atoms with Crippen molar-refractivity contribution in [1.82, 2.24) is 5.32 Å². The summed E-state index contributed by atoms with van der Waals surface area (Å²) < 4.78 is 4.39. The van der Waals surface area contributed by atoms with E-state index in [1.54, 1.807) is 6.92 Å². The van der Waals surface area contributed by atoms with Gasteiger partial charge in [-0.05, 0) is 13.8 Å². The van der Waals surface area contributed by atoms with Crippen molar-refractivity contribution in [3.05, 3.63) is 0 Å². The minimum Gasteiger partial charge on any atom is -0.467 e. The molecule has 0 spiro atoms. The molecular formula is C9H19NO5. The maximum Gasteiger partial charge on any atom is 0.338 e. The standard InChI is InChI=1S/C9H19NO5/c1-8(5-11,6-12)10-4-9(2,14)7(13)15-3/h10-12,14H,4-6H2,1-3H3. The molecule has 0 aromatic carbocycles. The van der Waals surface area contributed by atoms with Crippen LogP contribution in [0.2, 0.25) is 0 Å². The Balaban J connectivity index is 4.30. The summed E-state index contributed by atoms with van der Waals surface area (Å²) >= 11 is 0. The second-order valence-electron chi connectivity index (χ2n) is 4.00. The van der Waals surface area contributed by atoms with Gasteiger partial charge in [0, 0.05) is 6.54 Å². The summed E-state index contributed by atoms with van der Waals surface area (Å²) in [6, 6.07) is 0. The number of aliphatic hydroxyl groups excluding tert-OH is 2. The van der Waals surface area contributed by atoms with E-state index in [-0.39, 0.29) is 19.8 Å². The first-order valence-electron chi connectivity index (χ1n) is 4.59. The van der Waals surface area contributed by atoms with Gasteiger partial charge in [-0.15, -0.1) is 0 Å². The Morgan fingerprint density at radius 2 is 1.80 bits per heavy atom. The highest BCUT2D eigenvalue weighted by atomic mass is 16.5. The zero-order valence-electron chi connectivity index (χ0n) is 9.28. The van der Waals surface area contributed by atoms with Crippen LogP contribution in [0, 0.1) is 0 Å². The molecule has 0 aliphatic carbocycles. The number of methoxy groups -OCH3 is 1. The van der Waals surface area contributed by atoms with Gasteiger partial charge in [0.15, 0.2) is 5.60 Å². The van der Waals surface area contributed by atoms with Gasteiger partial charge in [-0.3, -0.25) is 0 Å². The Labute approximate surface area is 88.9 Å². The van der Waals surface area contributed by atoms with Gasteiger partial charge in [0.25, 0.3) is 0 Å². The summed E-state index contributed by atoms with van der Waals surface area (Å²) in [7, 11) is 1.17. The molecule has 0 radical (unpaired) electrons. The molecular weight excluding hydrogens is 202 g/mol. The van der Waals surface area contributed by atoms with Crippen molar-refractivity contribution in [2.75, 3.05) is 26.9 Å². The third-order valence-corrected chi connectivity index (χ3v) is 2.18. The van der Waals surface area contributed by atoms with Crippen LogP contribution in [-0.4, -0.2) is 59.3 Å². The van der Waals surface area contributed by atoms with Gasteiger partial charge in [0.05, 0.1) is 25.9 Å². The summed E-state index contributed by atoms with van der Waals surface area (Å²) in [6.07, 6.45) is 0. The molecule has 0 aliphatic heterocycles. The number of carbonyl (C=O) groups excluding carboxylic acids is 1. The molecule has 0 heterocycles. The number of ether oxygens (including phenoxy) is 1. The first-order chi connectivity index (χ1) is 6.81. The molecule has 0 rings (SSSR count). The van der Waals surface area contributed by atoms with Crippen LogP contribution in [0.3, 0.4) is 0 Å². The number of hydrogen-bond acceptors (Lipinski definition) is 6. The van der Waals surface area contributed by atoms with Gasteiger partial charge in [0.2, 0.25) is 0 Å². The van der Waals surface area contributed by atoms with Gasteiger partial charge in [-0.1, -0.05) is 0 Å². The molecule has 90 valence electrons. The summed E-state index contributed by atoms with van der Waals surface area (Å²) in [5.74, 6) is -0.770. The lowest BCUT2D eigenvalue weighted by Crippen LogP contribution is -2.56. The summed E-state index contributed by atoms with van der Waals surface area (Å²) in [5, 5.41) is 30.3. The van der Waals surface area contributed by atoms with Crippen molar-refractivity contribution >= 4 is 5.97 Å². The monoisotopic (exact) mass is 221 g/mol. The van der Waals surface area contributed by atoms with Crippen LogP contribution in [0.5, 0.6) is 0 Å². The summed E-state index contributed by atoms with van der Waals surface area (Å²) in [6.45, 7) is 2.14. The van der Waals surface area contributed by atoms with E-state index in [9.17, 15) is 9.90 Å². The van der Waals surface area contributed by atoms with Crippen molar-refractivity contribution in [2.24, 2.45) is 0 Å². The second-order valence-corrected chi connectivity index (χ2v) is 4.00. The van der Waals surface area contributed by atoms with Crippen LogP contribution in [-0.2, 0) is 9.53 Å². The van der Waals surface area contributed by atoms with Gasteiger partial charge < -0.3 is 25.4 Å². The molecule has 0 saturated heterocycles. The van der Waals surface area contributed by atoms with Gasteiger partial charge in [-0.25, -0.2) is 4.79 Å². The van der Waals surface area contributed by atoms with Crippen LogP contribution >= 0.6 is 0 Å². The molecule has 0 aromatic rings. The molecule has 6 heteroatoms. The average Bonchev–Trinajstić information content (AvgIpc) is 2.24. The summed E-state index contributed by atoms with van der Waals surface area (Å²) in [4.78, 5) is 11.1. The van der Waals surface area contributed by atoms with Gasteiger partial charge >= 0.3 is 5.97 Å². The number of rotatable bonds is 6. The quantitative estimate of drug-likeness (QED) is 0.397. The molecule has 1 unspecified atom stereocenters. The van der Waals surface area contributed by atoms with E-state index < -0.39 is 17.1 Å². The number of aliphatic hydroxyl groups is 3. The number of esters is 1. The van der Waals surface area contributed by atoms with Gasteiger partial charge in [0.1, 0.15) is 0 Å². The van der Waals surface area contributed by atoms with E-state index in [2.05, 4.69) is 10.1 Å². The maximum absolute atomic E-state index is 11.1. The molecule has 0 fully saturated rings. The molecule has 0 bridgehead atoms. The van der Waals surface area contributed by atoms with E-state index in [0.29, 0.717) is 0 Å². The van der Waals surface area contributed by atoms with E-state index in [1.807, 2.05) is 0 Å². The van der Waals surface area contributed by atoms with Crippen molar-refractivity contribution in [1.29, 1.82) is 0 Å². The maximum atomic E-state index is 11.1. The average molecular weight is 221 g/mol. The lowest BCUT2D eigenvalue weighted by atomic mass is 10.0. The fourth-order valence-corrected chi connectivity index (χ4v) is 0.839. The Bertz CT molecular complexity index is 213. The van der Waals surface area contributed by atoms with Crippen LogP contribution < -0.4 is 5.32 Å². The fourth-order valence-electron chi connectivity index (χ4n) is 0.839. The predicted molar refractivity (Wildman–Crippen MR) is 53.2 cm³/mol. The van der Waals surface area contributed by atoms with Crippen LogP contribution in [0.15, 0.2) is 0 Å². The minimum atomic E-state index is -1.68.